The lowest BCUT2D eigenvalue weighted by molar-refractivity contribution is 0.404. The van der Waals surface area contributed by atoms with Gasteiger partial charge in [-0.3, -0.25) is 4.90 Å². The summed E-state index contributed by atoms with van der Waals surface area (Å²) in [6, 6.07) is 29.7. The molecule has 0 heterocycles. The summed E-state index contributed by atoms with van der Waals surface area (Å²) in [4.78, 5) is 4.55. The Morgan fingerprint density at radius 2 is 1.38 bits per heavy atom. The molecule has 0 amide bonds. The normalized spacial score (nSPS) is 10.6. The summed E-state index contributed by atoms with van der Waals surface area (Å²) in [5.74, 6) is 0. The number of benzene rings is 3. The van der Waals surface area contributed by atoms with Crippen molar-refractivity contribution in [2.45, 2.75) is 39.7 Å². The Kier molecular flexibility index (Phi) is 7.83. The van der Waals surface area contributed by atoms with E-state index in [-0.39, 0.29) is 0 Å². The average Bonchev–Trinajstić information content (AvgIpc) is 2.78. The van der Waals surface area contributed by atoms with Gasteiger partial charge in [0, 0.05) is 24.5 Å². The molecule has 3 heteroatoms. The predicted molar refractivity (Wildman–Crippen MR) is 129 cm³/mol. The van der Waals surface area contributed by atoms with E-state index in [9.17, 15) is 0 Å². The van der Waals surface area contributed by atoms with Crippen LogP contribution in [0.1, 0.15) is 37.8 Å². The second kappa shape index (κ2) is 10.8. The highest BCUT2D eigenvalue weighted by Crippen LogP contribution is 2.28. The first-order valence-electron chi connectivity index (χ1n) is 10.5. The molecular formula is C26H30N2S. The molecule has 0 N–H and O–H groups in total. The lowest BCUT2D eigenvalue weighted by Crippen LogP contribution is -2.41. The molecule has 0 saturated carbocycles. The van der Waals surface area contributed by atoms with E-state index in [1.807, 2.05) is 6.07 Å². The summed E-state index contributed by atoms with van der Waals surface area (Å²) in [6.45, 7) is 6.17. The Balaban J connectivity index is 1.98. The van der Waals surface area contributed by atoms with Crippen LogP contribution in [0, 0.1) is 0 Å². The first kappa shape index (κ1) is 21.1. The minimum Gasteiger partial charge on any atom is -0.344 e. The van der Waals surface area contributed by atoms with Crippen molar-refractivity contribution < 1.29 is 0 Å². The summed E-state index contributed by atoms with van der Waals surface area (Å²) in [6.07, 6.45) is 3.27. The second-order valence-electron chi connectivity index (χ2n) is 7.24. The van der Waals surface area contributed by atoms with Crippen molar-refractivity contribution in [3.05, 3.63) is 96.1 Å². The summed E-state index contributed by atoms with van der Waals surface area (Å²) in [5, 5.41) is 0.849. The molecule has 3 aromatic carbocycles. The maximum absolute atomic E-state index is 6.10. The van der Waals surface area contributed by atoms with Crippen molar-refractivity contribution in [2.24, 2.45) is 0 Å². The van der Waals surface area contributed by atoms with Crippen LogP contribution >= 0.6 is 12.2 Å². The molecule has 2 nitrogen and oxygen atoms in total. The van der Waals surface area contributed by atoms with Gasteiger partial charge >= 0.3 is 0 Å². The van der Waals surface area contributed by atoms with Crippen LogP contribution in [0.2, 0.25) is 0 Å². The molecule has 150 valence electrons. The zero-order valence-electron chi connectivity index (χ0n) is 17.4. The van der Waals surface area contributed by atoms with Gasteiger partial charge in [0.05, 0.1) is 0 Å². The van der Waals surface area contributed by atoms with Crippen molar-refractivity contribution in [3.63, 3.8) is 0 Å². The monoisotopic (exact) mass is 402 g/mol. The molecular weight excluding hydrogens is 372 g/mol. The summed E-state index contributed by atoms with van der Waals surface area (Å²) < 4.78 is 0. The number of para-hydroxylation sites is 1. The Bertz CT molecular complexity index is 893. The number of thiocarbonyl (C=S) groups is 1. The topological polar surface area (TPSA) is 6.48 Å². The van der Waals surface area contributed by atoms with Gasteiger partial charge in [-0.1, -0.05) is 80.9 Å². The van der Waals surface area contributed by atoms with E-state index in [2.05, 4.69) is 103 Å². The molecule has 0 aliphatic carbocycles. The van der Waals surface area contributed by atoms with Gasteiger partial charge in [-0.25, -0.2) is 0 Å². The third-order valence-electron chi connectivity index (χ3n) is 5.05. The second-order valence-corrected chi connectivity index (χ2v) is 7.60. The third-order valence-corrected chi connectivity index (χ3v) is 5.49. The van der Waals surface area contributed by atoms with Crippen LogP contribution < -0.4 is 4.90 Å². The fraction of sp³-hybridized carbons (Fsp3) is 0.269. The average molecular weight is 403 g/mol. The van der Waals surface area contributed by atoms with Gasteiger partial charge in [-0.2, -0.15) is 0 Å². The van der Waals surface area contributed by atoms with Gasteiger partial charge < -0.3 is 4.90 Å². The van der Waals surface area contributed by atoms with Crippen LogP contribution in [-0.4, -0.2) is 16.6 Å². The van der Waals surface area contributed by atoms with Crippen molar-refractivity contribution in [1.29, 1.82) is 0 Å². The number of hydrogen-bond donors (Lipinski definition) is 0. The van der Waals surface area contributed by atoms with Crippen molar-refractivity contribution in [2.75, 3.05) is 11.4 Å². The van der Waals surface area contributed by atoms with E-state index >= 15 is 0 Å². The number of aryl methyl sites for hydroxylation is 1. The first-order chi connectivity index (χ1) is 14.2. The van der Waals surface area contributed by atoms with Crippen LogP contribution in [0.25, 0.3) is 0 Å². The zero-order chi connectivity index (χ0) is 20.5. The van der Waals surface area contributed by atoms with Gasteiger partial charge in [-0.05, 0) is 60.5 Å². The predicted octanol–water partition coefficient (Wildman–Crippen LogP) is 6.97. The van der Waals surface area contributed by atoms with Gasteiger partial charge in [0.15, 0.2) is 5.11 Å². The highest BCUT2D eigenvalue weighted by atomic mass is 32.1. The maximum Gasteiger partial charge on any atom is 0.181 e. The van der Waals surface area contributed by atoms with Crippen LogP contribution in [0.15, 0.2) is 84.9 Å². The number of anilines is 2. The van der Waals surface area contributed by atoms with Crippen LogP contribution in [0.4, 0.5) is 11.4 Å². The largest absolute Gasteiger partial charge is 0.344 e. The van der Waals surface area contributed by atoms with Crippen molar-refractivity contribution in [1.82, 2.24) is 4.90 Å². The van der Waals surface area contributed by atoms with E-state index in [0.717, 1.165) is 48.8 Å². The number of rotatable bonds is 8. The molecule has 0 bridgehead atoms. The fourth-order valence-electron chi connectivity index (χ4n) is 3.40. The standard InChI is InChI=1S/C26H30N2S/c1-3-5-19-27(21-23-13-8-6-9-14-23)26(29)28(24-16-10-7-11-17-24)25-18-12-15-22(4-2)20-25/h6-18,20H,3-5,19,21H2,1-2H3. The molecule has 0 radical (unpaired) electrons. The highest BCUT2D eigenvalue weighted by molar-refractivity contribution is 7.80. The van der Waals surface area contributed by atoms with Crippen molar-refractivity contribution >= 4 is 28.7 Å². The van der Waals surface area contributed by atoms with Crippen LogP contribution in [0.5, 0.6) is 0 Å². The molecule has 3 aromatic rings. The molecule has 0 fully saturated rings. The molecule has 0 atom stereocenters. The Morgan fingerprint density at radius 1 is 0.759 bits per heavy atom. The minimum absolute atomic E-state index is 0.816. The van der Waals surface area contributed by atoms with Gasteiger partial charge in [-0.15, -0.1) is 0 Å². The maximum atomic E-state index is 6.10. The Labute approximate surface area is 180 Å². The van der Waals surface area contributed by atoms with Gasteiger partial charge in [0.1, 0.15) is 0 Å². The molecule has 3 rings (SSSR count). The minimum atomic E-state index is 0.816. The van der Waals surface area contributed by atoms with E-state index in [1.54, 1.807) is 0 Å². The highest BCUT2D eigenvalue weighted by Gasteiger charge is 2.20. The van der Waals surface area contributed by atoms with Crippen LogP contribution in [0.3, 0.4) is 0 Å². The van der Waals surface area contributed by atoms with Crippen molar-refractivity contribution in [3.8, 4) is 0 Å². The smallest absolute Gasteiger partial charge is 0.181 e. The Morgan fingerprint density at radius 3 is 2.03 bits per heavy atom. The SMILES string of the molecule is CCCCN(Cc1ccccc1)C(=S)N(c1ccccc1)c1cccc(CC)c1. The zero-order valence-corrected chi connectivity index (χ0v) is 18.2. The summed E-state index contributed by atoms with van der Waals surface area (Å²) in [5.41, 5.74) is 4.81. The number of nitrogens with zero attached hydrogens (tertiary/aromatic N) is 2. The van der Waals surface area contributed by atoms with E-state index in [1.165, 1.54) is 11.1 Å². The van der Waals surface area contributed by atoms with Gasteiger partial charge in [0.25, 0.3) is 0 Å². The lowest BCUT2D eigenvalue weighted by atomic mass is 10.1. The molecule has 0 aliphatic rings. The number of unbranched alkanes of at least 4 members (excludes halogenated alkanes) is 1. The summed E-state index contributed by atoms with van der Waals surface area (Å²) in [7, 11) is 0. The van der Waals surface area contributed by atoms with Gasteiger partial charge in [0.2, 0.25) is 0 Å². The summed E-state index contributed by atoms with van der Waals surface area (Å²) >= 11 is 6.10. The lowest BCUT2D eigenvalue weighted by Gasteiger charge is -2.34. The Hall–Kier alpha value is -2.65. The van der Waals surface area contributed by atoms with E-state index < -0.39 is 0 Å². The number of hydrogen-bond acceptors (Lipinski definition) is 1. The van der Waals surface area contributed by atoms with Crippen LogP contribution in [-0.2, 0) is 13.0 Å². The molecule has 29 heavy (non-hydrogen) atoms. The molecule has 0 aliphatic heterocycles. The molecule has 0 unspecified atom stereocenters. The van der Waals surface area contributed by atoms with E-state index in [0.29, 0.717) is 0 Å². The molecule has 0 saturated heterocycles. The quantitative estimate of drug-likeness (QED) is 0.375. The third kappa shape index (κ3) is 5.68. The molecule has 0 aromatic heterocycles. The first-order valence-corrected chi connectivity index (χ1v) is 10.9. The van der Waals surface area contributed by atoms with E-state index in [4.69, 9.17) is 12.2 Å². The fourth-order valence-corrected chi connectivity index (χ4v) is 3.77. The molecule has 0 spiro atoms.